The standard InChI is InChI=1S/C24H17ClFN3O5S/c1-13-21(23(28-34-13)22-14(25)5-2-6-15(22)26)24(31)33-12-20(30)29-17(18-7-3-9-32-18)11-16(27-29)19-8-4-10-35-19/h2-10,17H,11-12H2,1H3. The first-order chi connectivity index (χ1) is 16.9. The number of carbonyl (C=O) groups excluding carboxylic acids is 2. The lowest BCUT2D eigenvalue weighted by atomic mass is 10.1. The minimum atomic E-state index is -0.900. The van der Waals surface area contributed by atoms with E-state index in [-0.39, 0.29) is 27.6 Å². The molecule has 0 saturated heterocycles. The summed E-state index contributed by atoms with van der Waals surface area (Å²) >= 11 is 7.64. The first-order valence-electron chi connectivity index (χ1n) is 10.5. The van der Waals surface area contributed by atoms with Crippen molar-refractivity contribution in [3.8, 4) is 11.3 Å². The highest BCUT2D eigenvalue weighted by atomic mass is 35.5. The number of esters is 1. The molecule has 1 atom stereocenters. The number of amides is 1. The molecule has 11 heteroatoms. The van der Waals surface area contributed by atoms with Crippen LogP contribution >= 0.6 is 22.9 Å². The average molecular weight is 514 g/mol. The number of hydrazone groups is 1. The number of aromatic nitrogens is 1. The van der Waals surface area contributed by atoms with Crippen LogP contribution in [0.3, 0.4) is 0 Å². The van der Waals surface area contributed by atoms with Crippen molar-refractivity contribution >= 4 is 40.5 Å². The first-order valence-corrected chi connectivity index (χ1v) is 11.7. The average Bonchev–Trinajstić information content (AvgIpc) is 3.64. The Morgan fingerprint density at radius 1 is 1.26 bits per heavy atom. The number of nitrogens with zero attached hydrogens (tertiary/aromatic N) is 3. The van der Waals surface area contributed by atoms with Crippen LogP contribution in [0.4, 0.5) is 4.39 Å². The van der Waals surface area contributed by atoms with E-state index in [4.69, 9.17) is 25.3 Å². The fraction of sp³-hybridized carbons (Fsp3) is 0.167. The number of halogens is 2. The van der Waals surface area contributed by atoms with Gasteiger partial charge in [0.15, 0.2) is 6.61 Å². The van der Waals surface area contributed by atoms with Crippen LogP contribution in [0, 0.1) is 12.7 Å². The Morgan fingerprint density at radius 2 is 2.11 bits per heavy atom. The molecule has 3 aromatic heterocycles. The second-order valence-electron chi connectivity index (χ2n) is 7.63. The number of aryl methyl sites for hydroxylation is 1. The maximum absolute atomic E-state index is 14.4. The normalized spacial score (nSPS) is 15.3. The van der Waals surface area contributed by atoms with Crippen molar-refractivity contribution in [1.82, 2.24) is 10.2 Å². The smallest absolute Gasteiger partial charge is 0.344 e. The van der Waals surface area contributed by atoms with Gasteiger partial charge in [0, 0.05) is 6.42 Å². The molecule has 4 aromatic rings. The Kier molecular flexibility index (Phi) is 6.23. The molecule has 0 bridgehead atoms. The lowest BCUT2D eigenvalue weighted by Gasteiger charge is -2.19. The Hall–Kier alpha value is -3.76. The fourth-order valence-electron chi connectivity index (χ4n) is 3.81. The number of hydrogen-bond acceptors (Lipinski definition) is 8. The number of benzene rings is 1. The minimum absolute atomic E-state index is 0.0530. The predicted octanol–water partition coefficient (Wildman–Crippen LogP) is 5.63. The summed E-state index contributed by atoms with van der Waals surface area (Å²) in [6.45, 7) is 0.876. The summed E-state index contributed by atoms with van der Waals surface area (Å²) < 4.78 is 30.3. The maximum atomic E-state index is 14.4. The SMILES string of the molecule is Cc1onc(-c2c(F)cccc2Cl)c1C(=O)OCC(=O)N1N=C(c2cccs2)CC1c1ccco1. The zero-order chi connectivity index (χ0) is 24.5. The van der Waals surface area contributed by atoms with Gasteiger partial charge in [0.05, 0.1) is 27.4 Å². The molecule has 0 fully saturated rings. The summed E-state index contributed by atoms with van der Waals surface area (Å²) in [5, 5.41) is 11.5. The lowest BCUT2D eigenvalue weighted by Crippen LogP contribution is -2.31. The second kappa shape index (κ2) is 9.47. The van der Waals surface area contributed by atoms with Gasteiger partial charge in [0.1, 0.15) is 34.6 Å². The van der Waals surface area contributed by atoms with Crippen LogP contribution in [0.25, 0.3) is 11.3 Å². The largest absolute Gasteiger partial charge is 0.467 e. The molecule has 1 aromatic carbocycles. The molecular formula is C24H17ClFN3O5S. The third-order valence-electron chi connectivity index (χ3n) is 5.44. The molecule has 1 amide bonds. The number of rotatable bonds is 6. The topological polar surface area (TPSA) is 98.1 Å². The molecular weight excluding hydrogens is 497 g/mol. The lowest BCUT2D eigenvalue weighted by molar-refractivity contribution is -0.136. The third kappa shape index (κ3) is 4.38. The van der Waals surface area contributed by atoms with Crippen molar-refractivity contribution in [3.05, 3.63) is 86.9 Å². The van der Waals surface area contributed by atoms with Gasteiger partial charge in [-0.3, -0.25) is 4.79 Å². The van der Waals surface area contributed by atoms with E-state index in [2.05, 4.69) is 10.3 Å². The highest BCUT2D eigenvalue weighted by molar-refractivity contribution is 7.12. The van der Waals surface area contributed by atoms with Gasteiger partial charge in [-0.05, 0) is 42.6 Å². The molecule has 8 nitrogen and oxygen atoms in total. The van der Waals surface area contributed by atoms with Crippen LogP contribution < -0.4 is 0 Å². The van der Waals surface area contributed by atoms with Crippen molar-refractivity contribution < 1.29 is 27.7 Å². The molecule has 5 rings (SSSR count). The zero-order valence-corrected chi connectivity index (χ0v) is 19.8. The molecule has 0 aliphatic carbocycles. The Bertz CT molecular complexity index is 1390. The van der Waals surface area contributed by atoms with Crippen molar-refractivity contribution in [1.29, 1.82) is 0 Å². The van der Waals surface area contributed by atoms with E-state index >= 15 is 0 Å². The maximum Gasteiger partial charge on any atom is 0.344 e. The van der Waals surface area contributed by atoms with E-state index in [9.17, 15) is 14.0 Å². The van der Waals surface area contributed by atoms with Crippen LogP contribution in [0.5, 0.6) is 0 Å². The van der Waals surface area contributed by atoms with Crippen molar-refractivity contribution in [3.63, 3.8) is 0 Å². The summed E-state index contributed by atoms with van der Waals surface area (Å²) in [5.41, 5.74) is 0.423. The number of thiophene rings is 1. The number of carbonyl (C=O) groups is 2. The van der Waals surface area contributed by atoms with Crippen molar-refractivity contribution in [2.45, 2.75) is 19.4 Å². The highest BCUT2D eigenvalue weighted by Crippen LogP contribution is 2.35. The van der Waals surface area contributed by atoms with Crippen LogP contribution in [0.2, 0.25) is 5.02 Å². The summed E-state index contributed by atoms with van der Waals surface area (Å²) in [4.78, 5) is 26.9. The van der Waals surface area contributed by atoms with Crippen LogP contribution in [-0.4, -0.2) is 34.4 Å². The van der Waals surface area contributed by atoms with E-state index in [1.807, 2.05) is 17.5 Å². The van der Waals surface area contributed by atoms with Gasteiger partial charge in [-0.1, -0.05) is 28.9 Å². The Morgan fingerprint density at radius 3 is 2.83 bits per heavy atom. The molecule has 178 valence electrons. The van der Waals surface area contributed by atoms with E-state index in [0.29, 0.717) is 12.2 Å². The van der Waals surface area contributed by atoms with Gasteiger partial charge in [-0.2, -0.15) is 5.10 Å². The quantitative estimate of drug-likeness (QED) is 0.310. The second-order valence-corrected chi connectivity index (χ2v) is 8.99. The third-order valence-corrected chi connectivity index (χ3v) is 6.67. The number of furan rings is 1. The predicted molar refractivity (Wildman–Crippen MR) is 126 cm³/mol. The van der Waals surface area contributed by atoms with Crippen molar-refractivity contribution in [2.24, 2.45) is 5.10 Å². The molecule has 0 N–H and O–H groups in total. The summed E-state index contributed by atoms with van der Waals surface area (Å²) in [6, 6.07) is 10.9. The van der Waals surface area contributed by atoms with Crippen LogP contribution in [0.1, 0.15) is 39.2 Å². The fourth-order valence-corrected chi connectivity index (χ4v) is 4.78. The molecule has 0 saturated carbocycles. The minimum Gasteiger partial charge on any atom is -0.467 e. The van der Waals surface area contributed by atoms with E-state index in [1.165, 1.54) is 47.7 Å². The monoisotopic (exact) mass is 513 g/mol. The molecule has 0 spiro atoms. The van der Waals surface area contributed by atoms with Gasteiger partial charge in [-0.15, -0.1) is 11.3 Å². The van der Waals surface area contributed by atoms with Gasteiger partial charge in [-0.25, -0.2) is 14.2 Å². The summed E-state index contributed by atoms with van der Waals surface area (Å²) in [6.07, 6.45) is 1.97. The molecule has 4 heterocycles. The molecule has 35 heavy (non-hydrogen) atoms. The Balaban J connectivity index is 1.37. The molecule has 1 aliphatic rings. The molecule has 0 radical (unpaired) electrons. The first kappa shape index (κ1) is 23.0. The van der Waals surface area contributed by atoms with Crippen LogP contribution in [-0.2, 0) is 9.53 Å². The zero-order valence-electron chi connectivity index (χ0n) is 18.2. The Labute approximate surface area is 207 Å². The van der Waals surface area contributed by atoms with E-state index in [0.717, 1.165) is 10.6 Å². The van der Waals surface area contributed by atoms with Gasteiger partial charge >= 0.3 is 5.97 Å². The number of ether oxygens (including phenoxy) is 1. The van der Waals surface area contributed by atoms with Crippen LogP contribution in [0.15, 0.2) is 68.1 Å². The summed E-state index contributed by atoms with van der Waals surface area (Å²) in [7, 11) is 0. The van der Waals surface area contributed by atoms with Gasteiger partial charge < -0.3 is 13.7 Å². The van der Waals surface area contributed by atoms with Gasteiger partial charge in [0.2, 0.25) is 0 Å². The van der Waals surface area contributed by atoms with Crippen molar-refractivity contribution in [2.75, 3.05) is 6.61 Å². The molecule has 1 aliphatic heterocycles. The van der Waals surface area contributed by atoms with Gasteiger partial charge in [0.25, 0.3) is 5.91 Å². The summed E-state index contributed by atoms with van der Waals surface area (Å²) in [5.74, 6) is -1.46. The molecule has 1 unspecified atom stereocenters. The van der Waals surface area contributed by atoms with E-state index < -0.39 is 30.3 Å². The highest BCUT2D eigenvalue weighted by Gasteiger charge is 2.36. The van der Waals surface area contributed by atoms with E-state index in [1.54, 1.807) is 12.1 Å². The number of hydrogen-bond donors (Lipinski definition) is 0.